The highest BCUT2D eigenvalue weighted by Crippen LogP contribution is 2.71. The fourth-order valence-electron chi connectivity index (χ4n) is 17.6. The molecule has 27 heteroatoms. The van der Waals surface area contributed by atoms with Crippen LogP contribution in [-0.2, 0) is 56.8 Å². The summed E-state index contributed by atoms with van der Waals surface area (Å²) >= 11 is 0. The van der Waals surface area contributed by atoms with E-state index in [4.69, 9.17) is 56.8 Å². The van der Waals surface area contributed by atoms with Gasteiger partial charge in [0.1, 0.15) is 116 Å². The van der Waals surface area contributed by atoms with Crippen LogP contribution in [0.1, 0.15) is 98.8 Å². The van der Waals surface area contributed by atoms with E-state index in [9.17, 15) is 76.6 Å². The van der Waals surface area contributed by atoms with Gasteiger partial charge in [-0.1, -0.05) is 27.7 Å². The molecule has 11 fully saturated rings. The van der Waals surface area contributed by atoms with Crippen molar-refractivity contribution in [3.8, 4) is 0 Å². The Labute approximate surface area is 487 Å². The molecule has 0 aromatic heterocycles. The van der Waals surface area contributed by atoms with Gasteiger partial charge in [0, 0.05) is 12.3 Å². The maximum Gasteiger partial charge on any atom is 0.187 e. The van der Waals surface area contributed by atoms with E-state index in [0.717, 1.165) is 58.0 Å². The standard InChI is InChI=1S/C57H94O27/c1-21-8-13-57(73-20-21)22(2)34-29(84-57)15-28-26-7-6-24-14-25(9-11-55(24,4)27(26)10-12-56(28,34)5)75-51-44(71)41(68)46(33(19-61)79-51)80-54-49(48(38(65)32(18-60)78-54)82-52-43(70)40(67)36(63)30(16-58)76-52)83-53-45(72)47(37(64)31(17-59)77-53)81-50-42(69)39(66)35(62)23(3)74-50/h21-54,58-72H,6-20H2,1-5H3. The molecule has 7 saturated heterocycles. The third kappa shape index (κ3) is 11.2. The molecule has 4 aliphatic carbocycles. The summed E-state index contributed by atoms with van der Waals surface area (Å²) in [6.45, 7) is 8.02. The van der Waals surface area contributed by atoms with Crippen molar-refractivity contribution in [1.29, 1.82) is 0 Å². The Morgan fingerprint density at radius 3 is 1.62 bits per heavy atom. The second kappa shape index (κ2) is 25.2. The van der Waals surface area contributed by atoms with Crippen molar-refractivity contribution in [2.75, 3.05) is 33.0 Å². The van der Waals surface area contributed by atoms with Crippen LogP contribution in [0.25, 0.3) is 0 Å². The van der Waals surface area contributed by atoms with Gasteiger partial charge in [-0.05, 0) is 111 Å². The van der Waals surface area contributed by atoms with Crippen molar-refractivity contribution in [2.45, 2.75) is 270 Å². The highest BCUT2D eigenvalue weighted by Gasteiger charge is 2.70. The number of aliphatic hydroxyl groups excluding tert-OH is 15. The van der Waals surface area contributed by atoms with Crippen LogP contribution in [0.2, 0.25) is 0 Å². The number of ether oxygens (including phenoxy) is 12. The van der Waals surface area contributed by atoms with Gasteiger partial charge in [-0.2, -0.15) is 0 Å². The van der Waals surface area contributed by atoms with Crippen LogP contribution in [0.5, 0.6) is 0 Å². The Hall–Kier alpha value is -1.08. The number of fused-ring (bicyclic) bond motifs is 7. The molecule has 11 aliphatic rings. The van der Waals surface area contributed by atoms with E-state index in [-0.39, 0.29) is 23.0 Å². The molecule has 15 N–H and O–H groups in total. The Kier molecular flexibility index (Phi) is 19.3. The molecule has 27 nitrogen and oxygen atoms in total. The summed E-state index contributed by atoms with van der Waals surface area (Å²) in [6, 6.07) is 0. The van der Waals surface area contributed by atoms with Gasteiger partial charge in [-0.15, -0.1) is 0 Å². The van der Waals surface area contributed by atoms with Crippen LogP contribution in [0.4, 0.5) is 0 Å². The number of aliphatic hydroxyl groups is 15. The average molecular weight is 1210 g/mol. The molecule has 11 rings (SSSR count). The predicted octanol–water partition coefficient (Wildman–Crippen LogP) is -4.06. The van der Waals surface area contributed by atoms with Gasteiger partial charge < -0.3 is 133 Å². The Balaban J connectivity index is 0.792. The van der Waals surface area contributed by atoms with E-state index >= 15 is 0 Å². The molecule has 0 aromatic carbocycles. The molecule has 484 valence electrons. The highest BCUT2D eigenvalue weighted by molar-refractivity contribution is 5.16. The molecule has 7 heterocycles. The lowest BCUT2D eigenvalue weighted by molar-refractivity contribution is -0.411. The lowest BCUT2D eigenvalue weighted by atomic mass is 9.44. The van der Waals surface area contributed by atoms with Crippen molar-refractivity contribution in [3.63, 3.8) is 0 Å². The molecule has 1 spiro atoms. The first-order chi connectivity index (χ1) is 39.9. The van der Waals surface area contributed by atoms with Gasteiger partial charge in [0.05, 0.1) is 51.3 Å². The van der Waals surface area contributed by atoms with Crippen LogP contribution in [0, 0.1) is 52.3 Å². The summed E-state index contributed by atoms with van der Waals surface area (Å²) in [7, 11) is 0. The molecule has 4 saturated carbocycles. The summed E-state index contributed by atoms with van der Waals surface area (Å²) in [6.07, 6.45) is -36.0. The van der Waals surface area contributed by atoms with Gasteiger partial charge in [0.2, 0.25) is 0 Å². The molecule has 0 bridgehead atoms. The topological polar surface area (TPSA) is 414 Å². The number of rotatable bonds is 14. The average Bonchev–Trinajstić information content (AvgIpc) is 1.51. The summed E-state index contributed by atoms with van der Waals surface area (Å²) in [5.74, 6) is 2.81. The van der Waals surface area contributed by atoms with Crippen molar-refractivity contribution in [1.82, 2.24) is 0 Å². The first kappa shape index (κ1) is 64.4. The first-order valence-electron chi connectivity index (χ1n) is 30.7. The third-order valence-electron chi connectivity index (χ3n) is 22.5. The van der Waals surface area contributed by atoms with E-state index in [2.05, 4.69) is 27.7 Å². The minimum absolute atomic E-state index is 0.0454. The minimum atomic E-state index is -2.15. The smallest absolute Gasteiger partial charge is 0.187 e. The monoisotopic (exact) mass is 1210 g/mol. The summed E-state index contributed by atoms with van der Waals surface area (Å²) in [5, 5.41) is 165. The summed E-state index contributed by atoms with van der Waals surface area (Å²) in [4.78, 5) is 0. The zero-order chi connectivity index (χ0) is 60.2. The van der Waals surface area contributed by atoms with Crippen LogP contribution in [0.3, 0.4) is 0 Å². The first-order valence-corrected chi connectivity index (χ1v) is 30.7. The molecule has 0 radical (unpaired) electrons. The second-order valence-corrected chi connectivity index (χ2v) is 27.1. The molecular formula is C57H94O27. The van der Waals surface area contributed by atoms with Crippen molar-refractivity contribution in [2.24, 2.45) is 52.3 Å². The van der Waals surface area contributed by atoms with Crippen LogP contribution in [0.15, 0.2) is 0 Å². The van der Waals surface area contributed by atoms with E-state index in [1.807, 2.05) is 0 Å². The fraction of sp³-hybridized carbons (Fsp3) is 1.00. The lowest BCUT2D eigenvalue weighted by Crippen LogP contribution is -2.69. The molecule has 37 unspecified atom stereocenters. The van der Waals surface area contributed by atoms with Crippen LogP contribution >= 0.6 is 0 Å². The van der Waals surface area contributed by atoms with Crippen molar-refractivity contribution >= 4 is 0 Å². The van der Waals surface area contributed by atoms with E-state index in [0.29, 0.717) is 54.3 Å². The molecule has 84 heavy (non-hydrogen) atoms. The molecular weight excluding hydrogens is 1120 g/mol. The van der Waals surface area contributed by atoms with Gasteiger partial charge in [-0.3, -0.25) is 0 Å². The van der Waals surface area contributed by atoms with Crippen LogP contribution < -0.4 is 0 Å². The molecule has 37 atom stereocenters. The maximum absolute atomic E-state index is 12.0. The van der Waals surface area contributed by atoms with E-state index < -0.39 is 186 Å². The predicted molar refractivity (Wildman–Crippen MR) is 279 cm³/mol. The number of hydrogen-bond donors (Lipinski definition) is 15. The van der Waals surface area contributed by atoms with E-state index in [1.165, 1.54) is 6.92 Å². The van der Waals surface area contributed by atoms with Crippen LogP contribution in [-0.4, -0.2) is 281 Å². The fourth-order valence-corrected chi connectivity index (χ4v) is 17.6. The zero-order valence-corrected chi connectivity index (χ0v) is 48.3. The molecule has 0 aromatic rings. The lowest BCUT2D eigenvalue weighted by Gasteiger charge is -2.61. The summed E-state index contributed by atoms with van der Waals surface area (Å²) < 4.78 is 73.8. The Morgan fingerprint density at radius 2 is 0.964 bits per heavy atom. The molecule has 7 aliphatic heterocycles. The molecule has 0 amide bonds. The van der Waals surface area contributed by atoms with Crippen molar-refractivity contribution in [3.05, 3.63) is 0 Å². The summed E-state index contributed by atoms with van der Waals surface area (Å²) in [5.41, 5.74) is 0.214. The zero-order valence-electron chi connectivity index (χ0n) is 48.3. The van der Waals surface area contributed by atoms with Gasteiger partial charge in [-0.25, -0.2) is 0 Å². The third-order valence-corrected chi connectivity index (χ3v) is 22.5. The van der Waals surface area contributed by atoms with Crippen molar-refractivity contribution < 1.29 is 133 Å². The Bertz CT molecular complexity index is 2180. The Morgan fingerprint density at radius 1 is 0.429 bits per heavy atom. The second-order valence-electron chi connectivity index (χ2n) is 27.1. The van der Waals surface area contributed by atoms with Gasteiger partial charge in [0.25, 0.3) is 0 Å². The maximum atomic E-state index is 12.0. The largest absolute Gasteiger partial charge is 0.394 e. The normalized spacial score (nSPS) is 57.7. The van der Waals surface area contributed by atoms with Gasteiger partial charge in [0.15, 0.2) is 37.2 Å². The van der Waals surface area contributed by atoms with Gasteiger partial charge >= 0.3 is 0 Å². The minimum Gasteiger partial charge on any atom is -0.394 e. The number of hydrogen-bond acceptors (Lipinski definition) is 27. The SMILES string of the molecule is CC1CCC2(OC1)OC1CC3C4CCC5CC(OC6OC(CO)C(OC7OC(CO)C(O)C(OC8OC(CO)C(O)C(O)C8O)C7OC7OC(CO)C(O)C(OC8OC(C)C(O)C(O)C8O)C7O)C(O)C6O)CCC5(C)C4CCC3(C)C1C2C. The quantitative estimate of drug-likeness (QED) is 0.0736. The van der Waals surface area contributed by atoms with E-state index in [1.54, 1.807) is 0 Å². The highest BCUT2D eigenvalue weighted by atomic mass is 16.8.